The van der Waals surface area contributed by atoms with E-state index in [2.05, 4.69) is 11.4 Å². The van der Waals surface area contributed by atoms with Gasteiger partial charge < -0.3 is 10.1 Å². The molecule has 1 N–H and O–H groups in total. The quantitative estimate of drug-likeness (QED) is 0.833. The van der Waals surface area contributed by atoms with E-state index in [0.29, 0.717) is 0 Å². The summed E-state index contributed by atoms with van der Waals surface area (Å²) in [6.45, 7) is 2.03. The van der Waals surface area contributed by atoms with Gasteiger partial charge in [-0.05, 0) is 30.4 Å². The van der Waals surface area contributed by atoms with Crippen molar-refractivity contribution in [3.05, 3.63) is 41.5 Å². The zero-order chi connectivity index (χ0) is 12.7. The van der Waals surface area contributed by atoms with E-state index < -0.39 is 0 Å². The minimum Gasteiger partial charge on any atom is -0.496 e. The number of carbonyl (C=O) groups excluding carboxylic acids is 1. The highest BCUT2D eigenvalue weighted by atomic mass is 16.5. The lowest BCUT2D eigenvalue weighted by molar-refractivity contribution is 0.0929. The summed E-state index contributed by atoms with van der Waals surface area (Å²) in [6.07, 6.45) is 0.867. The van der Waals surface area contributed by atoms with Crippen LogP contribution in [0.25, 0.3) is 10.8 Å². The van der Waals surface area contributed by atoms with Crippen LogP contribution in [0.1, 0.15) is 22.8 Å². The molecule has 2 aromatic rings. The van der Waals surface area contributed by atoms with E-state index in [9.17, 15) is 4.79 Å². The third-order valence-electron chi connectivity index (χ3n) is 3.47. The minimum absolute atomic E-state index is 0.00666. The molecule has 0 radical (unpaired) electrons. The second kappa shape index (κ2) is 4.02. The number of methoxy groups -OCH3 is 1. The highest BCUT2D eigenvalue weighted by Crippen LogP contribution is 2.33. The van der Waals surface area contributed by atoms with E-state index in [4.69, 9.17) is 4.74 Å². The Kier molecular flexibility index (Phi) is 2.47. The van der Waals surface area contributed by atoms with E-state index in [1.54, 1.807) is 7.11 Å². The summed E-state index contributed by atoms with van der Waals surface area (Å²) in [4.78, 5) is 12.0. The molecular formula is C15H15NO2. The summed E-state index contributed by atoms with van der Waals surface area (Å²) in [6, 6.07) is 10.1. The van der Waals surface area contributed by atoms with E-state index in [-0.39, 0.29) is 11.9 Å². The molecule has 2 aromatic carbocycles. The van der Waals surface area contributed by atoms with Gasteiger partial charge in [0.25, 0.3) is 5.91 Å². The van der Waals surface area contributed by atoms with E-state index in [1.165, 1.54) is 0 Å². The number of carbonyl (C=O) groups is 1. The Morgan fingerprint density at radius 2 is 2.00 bits per heavy atom. The Morgan fingerprint density at radius 3 is 2.72 bits per heavy atom. The number of nitrogens with one attached hydrogen (secondary N) is 1. The zero-order valence-corrected chi connectivity index (χ0v) is 10.5. The van der Waals surface area contributed by atoms with Gasteiger partial charge in [-0.3, -0.25) is 4.79 Å². The molecular weight excluding hydrogens is 226 g/mol. The number of ether oxygens (including phenoxy) is 1. The molecule has 0 aliphatic carbocycles. The molecule has 0 spiro atoms. The third-order valence-corrected chi connectivity index (χ3v) is 3.47. The highest BCUT2D eigenvalue weighted by Gasteiger charge is 2.24. The molecule has 3 rings (SSSR count). The molecule has 1 aliphatic rings. The van der Waals surface area contributed by atoms with Crippen LogP contribution in [0.4, 0.5) is 0 Å². The molecule has 1 amide bonds. The zero-order valence-electron chi connectivity index (χ0n) is 10.5. The summed E-state index contributed by atoms with van der Waals surface area (Å²) in [5, 5.41) is 5.15. The van der Waals surface area contributed by atoms with Crippen molar-refractivity contribution >= 4 is 16.7 Å². The first-order valence-corrected chi connectivity index (χ1v) is 6.10. The Balaban J connectivity index is 2.37. The lowest BCUT2D eigenvalue weighted by Crippen LogP contribution is -2.39. The van der Waals surface area contributed by atoms with Crippen molar-refractivity contribution in [1.82, 2.24) is 5.32 Å². The van der Waals surface area contributed by atoms with Gasteiger partial charge in [0, 0.05) is 17.0 Å². The predicted molar refractivity (Wildman–Crippen MR) is 71.1 cm³/mol. The van der Waals surface area contributed by atoms with Crippen molar-refractivity contribution in [2.75, 3.05) is 7.11 Å². The van der Waals surface area contributed by atoms with Crippen LogP contribution in [0.5, 0.6) is 5.75 Å². The lowest BCUT2D eigenvalue weighted by Gasteiger charge is -2.24. The van der Waals surface area contributed by atoms with Gasteiger partial charge in [0.05, 0.1) is 7.11 Å². The van der Waals surface area contributed by atoms with Crippen LogP contribution in [0.2, 0.25) is 0 Å². The molecule has 1 heterocycles. The SMILES string of the molecule is COc1cc2c(c3ccccc13)CC(C)NC2=O. The van der Waals surface area contributed by atoms with Gasteiger partial charge in [-0.15, -0.1) is 0 Å². The van der Waals surface area contributed by atoms with Gasteiger partial charge in [-0.25, -0.2) is 0 Å². The van der Waals surface area contributed by atoms with Crippen LogP contribution < -0.4 is 10.1 Å². The number of fused-ring (bicyclic) bond motifs is 3. The molecule has 1 atom stereocenters. The Morgan fingerprint density at radius 1 is 1.28 bits per heavy atom. The third kappa shape index (κ3) is 1.55. The Bertz CT molecular complexity index is 634. The first-order valence-electron chi connectivity index (χ1n) is 6.10. The number of amides is 1. The standard InChI is InChI=1S/C15H15NO2/c1-9-7-12-10-5-3-4-6-11(10)14(18-2)8-13(12)15(17)16-9/h3-6,8-9H,7H2,1-2H3,(H,16,17). The summed E-state index contributed by atoms with van der Waals surface area (Å²) >= 11 is 0. The number of benzene rings is 2. The van der Waals surface area contributed by atoms with Gasteiger partial charge in [0.15, 0.2) is 0 Å². The van der Waals surface area contributed by atoms with Crippen molar-refractivity contribution in [3.8, 4) is 5.75 Å². The van der Waals surface area contributed by atoms with Gasteiger partial charge >= 0.3 is 0 Å². The fraction of sp³-hybridized carbons (Fsp3) is 0.267. The maximum atomic E-state index is 12.0. The molecule has 0 bridgehead atoms. The molecule has 0 saturated carbocycles. The maximum Gasteiger partial charge on any atom is 0.251 e. The van der Waals surface area contributed by atoms with Gasteiger partial charge in [-0.2, -0.15) is 0 Å². The maximum absolute atomic E-state index is 12.0. The van der Waals surface area contributed by atoms with E-state index >= 15 is 0 Å². The van der Waals surface area contributed by atoms with Crippen LogP contribution in [0.3, 0.4) is 0 Å². The highest BCUT2D eigenvalue weighted by molar-refractivity contribution is 6.05. The summed E-state index contributed by atoms with van der Waals surface area (Å²) in [5.74, 6) is 0.752. The second-order valence-electron chi connectivity index (χ2n) is 4.73. The molecule has 0 fully saturated rings. The lowest BCUT2D eigenvalue weighted by atomic mass is 9.90. The van der Waals surface area contributed by atoms with Crippen molar-refractivity contribution in [3.63, 3.8) is 0 Å². The molecule has 3 nitrogen and oxygen atoms in total. The Hall–Kier alpha value is -2.03. The van der Waals surface area contributed by atoms with Crippen LogP contribution in [0.15, 0.2) is 30.3 Å². The fourth-order valence-electron chi connectivity index (χ4n) is 2.65. The molecule has 0 saturated heterocycles. The van der Waals surface area contributed by atoms with Gasteiger partial charge in [-0.1, -0.05) is 24.3 Å². The van der Waals surface area contributed by atoms with Crippen molar-refractivity contribution < 1.29 is 9.53 Å². The van der Waals surface area contributed by atoms with Gasteiger partial charge in [0.2, 0.25) is 0 Å². The van der Waals surface area contributed by atoms with Crippen molar-refractivity contribution in [2.45, 2.75) is 19.4 Å². The second-order valence-corrected chi connectivity index (χ2v) is 4.73. The topological polar surface area (TPSA) is 38.3 Å². The average Bonchev–Trinajstić information content (AvgIpc) is 2.38. The predicted octanol–water partition coefficient (Wildman–Crippen LogP) is 2.52. The van der Waals surface area contributed by atoms with Crippen molar-refractivity contribution in [2.24, 2.45) is 0 Å². The number of hydrogen-bond donors (Lipinski definition) is 1. The average molecular weight is 241 g/mol. The first-order chi connectivity index (χ1) is 8.70. The molecule has 0 aromatic heterocycles. The summed E-state index contributed by atoms with van der Waals surface area (Å²) in [7, 11) is 1.64. The van der Waals surface area contributed by atoms with Crippen LogP contribution >= 0.6 is 0 Å². The van der Waals surface area contributed by atoms with E-state index in [1.807, 2.05) is 31.2 Å². The first kappa shape index (κ1) is 11.1. The van der Waals surface area contributed by atoms with Crippen molar-refractivity contribution in [1.29, 1.82) is 0 Å². The summed E-state index contributed by atoms with van der Waals surface area (Å²) in [5.41, 5.74) is 1.87. The molecule has 3 heteroatoms. The van der Waals surface area contributed by atoms with E-state index in [0.717, 1.165) is 34.1 Å². The minimum atomic E-state index is -0.00666. The molecule has 1 aliphatic heterocycles. The summed E-state index contributed by atoms with van der Waals surface area (Å²) < 4.78 is 5.39. The Labute approximate surface area is 106 Å². The van der Waals surface area contributed by atoms with Crippen LogP contribution in [-0.4, -0.2) is 19.1 Å². The fourth-order valence-corrected chi connectivity index (χ4v) is 2.65. The molecule has 1 unspecified atom stereocenters. The number of hydrogen-bond acceptors (Lipinski definition) is 2. The largest absolute Gasteiger partial charge is 0.496 e. The normalized spacial score (nSPS) is 18.3. The van der Waals surface area contributed by atoms with Crippen LogP contribution in [-0.2, 0) is 6.42 Å². The monoisotopic (exact) mass is 241 g/mol. The molecule has 18 heavy (non-hydrogen) atoms. The number of rotatable bonds is 1. The molecule has 92 valence electrons. The van der Waals surface area contributed by atoms with Crippen LogP contribution in [0, 0.1) is 0 Å². The van der Waals surface area contributed by atoms with Gasteiger partial charge in [0.1, 0.15) is 5.75 Å². The smallest absolute Gasteiger partial charge is 0.251 e.